The number of fused-ring (bicyclic) bond motifs is 1. The molecule has 4 amide bonds. The van der Waals surface area contributed by atoms with Crippen molar-refractivity contribution in [3.05, 3.63) is 121 Å². The second kappa shape index (κ2) is 19.8. The van der Waals surface area contributed by atoms with E-state index in [0.29, 0.717) is 49.8 Å². The number of carbonyl (C=O) groups excluding carboxylic acids is 4. The topological polar surface area (TPSA) is 184 Å². The van der Waals surface area contributed by atoms with Crippen LogP contribution in [-0.4, -0.2) is 99.8 Å². The van der Waals surface area contributed by atoms with Gasteiger partial charge in [0.15, 0.2) is 0 Å². The highest BCUT2D eigenvalue weighted by molar-refractivity contribution is 5.91. The number of H-pyrrole nitrogens is 2. The fourth-order valence-corrected chi connectivity index (χ4v) is 9.18. The molecule has 15 nitrogen and oxygen atoms in total. The number of imidazole rings is 2. The highest BCUT2D eigenvalue weighted by Gasteiger charge is 2.39. The summed E-state index contributed by atoms with van der Waals surface area (Å²) in [6, 6.07) is 27.8. The Bertz CT molecular complexity index is 2620. The molecule has 2 fully saturated rings. The van der Waals surface area contributed by atoms with Crippen molar-refractivity contribution in [3.8, 4) is 33.6 Å². The van der Waals surface area contributed by atoms with E-state index in [9.17, 15) is 19.2 Å². The number of ether oxygens (including phenoxy) is 3. The van der Waals surface area contributed by atoms with Gasteiger partial charge in [-0.2, -0.15) is 0 Å². The molecule has 0 saturated carbocycles. The molecule has 2 aromatic heterocycles. The molecule has 4 atom stereocenters. The lowest BCUT2D eigenvalue weighted by Gasteiger charge is -2.38. The first kappa shape index (κ1) is 44.6. The summed E-state index contributed by atoms with van der Waals surface area (Å²) in [7, 11) is 2.58. The van der Waals surface area contributed by atoms with Crippen LogP contribution in [0.25, 0.3) is 44.4 Å². The minimum Gasteiger partial charge on any atom is -0.453 e. The molecule has 0 bridgehead atoms. The molecule has 0 spiro atoms. The number of nitrogens with zero attached hydrogens (tertiary/aromatic N) is 4. The molecule has 4 aromatic carbocycles. The third kappa shape index (κ3) is 9.75. The zero-order valence-corrected chi connectivity index (χ0v) is 37.4. The smallest absolute Gasteiger partial charge is 0.407 e. The predicted molar refractivity (Wildman–Crippen MR) is 246 cm³/mol. The van der Waals surface area contributed by atoms with Gasteiger partial charge < -0.3 is 44.6 Å². The average molecular weight is 881 g/mol. The summed E-state index contributed by atoms with van der Waals surface area (Å²) in [5.74, 6) is 0.885. The molecule has 2 saturated heterocycles. The van der Waals surface area contributed by atoms with E-state index in [1.807, 2.05) is 57.3 Å². The molecule has 2 aliphatic heterocycles. The lowest BCUT2D eigenvalue weighted by Crippen LogP contribution is -2.55. The first-order chi connectivity index (χ1) is 31.5. The van der Waals surface area contributed by atoms with Gasteiger partial charge >= 0.3 is 12.2 Å². The summed E-state index contributed by atoms with van der Waals surface area (Å²) in [5, 5.41) is 7.69. The van der Waals surface area contributed by atoms with E-state index in [4.69, 9.17) is 24.2 Å². The SMILES string of the molecule is COC(=O)N[C@H](C(=O)N(C(C)C)[C@@H](C)c1ncc(-c2ccc(-c3ccc4cc(-c5cnc([C@@H]6CCCN6C(=O)[C@H](NC(=O)OC)c6ccccc6)[nH]5)ccc4c3)cc2)[nH]1)C1CCOCC1. The van der Waals surface area contributed by atoms with Crippen LogP contribution in [0.15, 0.2) is 103 Å². The number of nitrogens with one attached hydrogen (secondary N) is 4. The number of aromatic amines is 2. The summed E-state index contributed by atoms with van der Waals surface area (Å²) < 4.78 is 15.3. The molecule has 2 aliphatic rings. The van der Waals surface area contributed by atoms with Gasteiger partial charge in [0.25, 0.3) is 5.91 Å². The first-order valence-corrected chi connectivity index (χ1v) is 22.2. The van der Waals surface area contributed by atoms with E-state index in [-0.39, 0.29) is 29.8 Å². The highest BCUT2D eigenvalue weighted by Crippen LogP contribution is 2.36. The number of aromatic nitrogens is 4. The molecule has 4 heterocycles. The Morgan fingerprint density at radius 3 is 2.05 bits per heavy atom. The van der Waals surface area contributed by atoms with Crippen molar-refractivity contribution in [1.29, 1.82) is 0 Å². The van der Waals surface area contributed by atoms with Crippen molar-refractivity contribution in [2.75, 3.05) is 34.0 Å². The Kier molecular flexibility index (Phi) is 13.6. The molecule has 0 unspecified atom stereocenters. The van der Waals surface area contributed by atoms with Crippen molar-refractivity contribution >= 4 is 34.8 Å². The van der Waals surface area contributed by atoms with Crippen LogP contribution in [0.5, 0.6) is 0 Å². The maximum atomic E-state index is 14.2. The van der Waals surface area contributed by atoms with Gasteiger partial charge in [0, 0.05) is 31.4 Å². The third-order valence-corrected chi connectivity index (χ3v) is 12.6. The van der Waals surface area contributed by atoms with E-state index in [1.54, 1.807) is 16.0 Å². The predicted octanol–water partition coefficient (Wildman–Crippen LogP) is 8.50. The molecule has 8 rings (SSSR count). The fraction of sp³-hybridized carbons (Fsp3) is 0.360. The minimum absolute atomic E-state index is 0.0691. The zero-order valence-electron chi connectivity index (χ0n) is 37.4. The number of amides is 4. The number of methoxy groups -OCH3 is 2. The van der Waals surface area contributed by atoms with Crippen molar-refractivity contribution < 1.29 is 33.4 Å². The summed E-state index contributed by atoms with van der Waals surface area (Å²) in [5.41, 5.74) is 6.43. The van der Waals surface area contributed by atoms with Gasteiger partial charge in [-0.3, -0.25) is 9.59 Å². The maximum absolute atomic E-state index is 14.2. The van der Waals surface area contributed by atoms with Crippen LogP contribution in [0.1, 0.15) is 81.8 Å². The molecule has 0 aliphatic carbocycles. The number of likely N-dealkylation sites (tertiary alicyclic amines) is 1. The van der Waals surface area contributed by atoms with Crippen molar-refractivity contribution in [3.63, 3.8) is 0 Å². The van der Waals surface area contributed by atoms with Crippen LogP contribution in [0.4, 0.5) is 9.59 Å². The normalized spacial score (nSPS) is 16.8. The largest absolute Gasteiger partial charge is 0.453 e. The van der Waals surface area contributed by atoms with Gasteiger partial charge in [-0.15, -0.1) is 0 Å². The Morgan fingerprint density at radius 1 is 0.738 bits per heavy atom. The zero-order chi connectivity index (χ0) is 45.6. The van der Waals surface area contributed by atoms with Crippen LogP contribution in [0.3, 0.4) is 0 Å². The van der Waals surface area contributed by atoms with E-state index >= 15 is 0 Å². The van der Waals surface area contributed by atoms with E-state index in [1.165, 1.54) is 14.2 Å². The number of rotatable bonds is 13. The molecule has 4 N–H and O–H groups in total. The number of hydrogen-bond donors (Lipinski definition) is 4. The standard InChI is InChI=1S/C50H56N8O7/c1-30(2)58(48(60)44(56-50(62)64-5)35-21-24-65-25-22-35)31(3)45-51-28-40(53-45)33-15-13-32(14-16-33)36-17-18-38-27-39(20-19-37(38)26-36)41-29-52-46(54-41)42-12-9-23-57(42)47(59)43(55-49(61)63-4)34-10-7-6-8-11-34/h6-8,10-11,13-20,26-31,35,42-44H,9,12,21-25H2,1-5H3,(H,51,53)(H,52,54)(H,55,61)(H,56,62)/t31-,42-,43+,44-/m0/s1. The second-order valence-corrected chi connectivity index (χ2v) is 17.0. The molecule has 15 heteroatoms. The second-order valence-electron chi connectivity index (χ2n) is 17.0. The van der Waals surface area contributed by atoms with Crippen LogP contribution >= 0.6 is 0 Å². The van der Waals surface area contributed by atoms with Gasteiger partial charge in [-0.1, -0.05) is 78.9 Å². The molecule has 338 valence electrons. The lowest BCUT2D eigenvalue weighted by atomic mass is 9.90. The number of benzene rings is 4. The molecular formula is C50H56N8O7. The average Bonchev–Trinajstić information content (AvgIpc) is 4.15. The Balaban J connectivity index is 0.945. The molecule has 6 aromatic rings. The molecule has 0 radical (unpaired) electrons. The van der Waals surface area contributed by atoms with E-state index < -0.39 is 30.3 Å². The summed E-state index contributed by atoms with van der Waals surface area (Å²) in [6.07, 6.45) is 5.19. The van der Waals surface area contributed by atoms with Gasteiger partial charge in [-0.05, 0) is 97.5 Å². The maximum Gasteiger partial charge on any atom is 0.407 e. The van der Waals surface area contributed by atoms with Crippen LogP contribution in [0, 0.1) is 5.92 Å². The third-order valence-electron chi connectivity index (χ3n) is 12.6. The fourth-order valence-electron chi connectivity index (χ4n) is 9.18. The molecule has 65 heavy (non-hydrogen) atoms. The Labute approximate surface area is 378 Å². The van der Waals surface area contributed by atoms with Crippen LogP contribution < -0.4 is 10.6 Å². The van der Waals surface area contributed by atoms with Gasteiger partial charge in [0.1, 0.15) is 23.7 Å². The first-order valence-electron chi connectivity index (χ1n) is 22.2. The summed E-state index contributed by atoms with van der Waals surface area (Å²) in [6.45, 7) is 7.50. The molecular weight excluding hydrogens is 825 g/mol. The highest BCUT2D eigenvalue weighted by atomic mass is 16.5. The van der Waals surface area contributed by atoms with Crippen molar-refractivity contribution in [2.45, 2.75) is 76.7 Å². The summed E-state index contributed by atoms with van der Waals surface area (Å²) in [4.78, 5) is 72.7. The van der Waals surface area contributed by atoms with E-state index in [2.05, 4.69) is 81.3 Å². The quantitative estimate of drug-likeness (QED) is 0.0884. The summed E-state index contributed by atoms with van der Waals surface area (Å²) >= 11 is 0. The van der Waals surface area contributed by atoms with Crippen LogP contribution in [0.2, 0.25) is 0 Å². The van der Waals surface area contributed by atoms with Gasteiger partial charge in [0.2, 0.25) is 5.91 Å². The van der Waals surface area contributed by atoms with Crippen LogP contribution in [-0.2, 0) is 23.8 Å². The number of hydrogen-bond acceptors (Lipinski definition) is 9. The van der Waals surface area contributed by atoms with E-state index in [0.717, 1.165) is 57.3 Å². The lowest BCUT2D eigenvalue weighted by molar-refractivity contribution is -0.140. The van der Waals surface area contributed by atoms with Gasteiger partial charge in [0.05, 0.1) is 50.1 Å². The number of carbonyl (C=O) groups is 4. The van der Waals surface area contributed by atoms with Gasteiger partial charge in [-0.25, -0.2) is 19.6 Å². The Morgan fingerprint density at radius 2 is 1.35 bits per heavy atom. The number of alkyl carbamates (subject to hydrolysis) is 2. The monoisotopic (exact) mass is 880 g/mol. The Hall–Kier alpha value is -7.00. The van der Waals surface area contributed by atoms with Crippen molar-refractivity contribution in [2.24, 2.45) is 5.92 Å². The van der Waals surface area contributed by atoms with Crippen molar-refractivity contribution in [1.82, 2.24) is 40.4 Å². The minimum atomic E-state index is -0.886.